The van der Waals surface area contributed by atoms with Crippen LogP contribution in [0.3, 0.4) is 0 Å². The van der Waals surface area contributed by atoms with E-state index in [4.69, 9.17) is 9.47 Å². The molecule has 0 aliphatic carbocycles. The smallest absolute Gasteiger partial charge is 0.338 e. The summed E-state index contributed by atoms with van der Waals surface area (Å²) in [5.74, 6) is -0.0876. The Kier molecular flexibility index (Phi) is 5.35. The Balaban J connectivity index is 2.00. The molecule has 0 aliphatic heterocycles. The molecule has 3 rings (SSSR count). The Morgan fingerprint density at radius 1 is 1.07 bits per heavy atom. The van der Waals surface area contributed by atoms with Crippen LogP contribution in [0.25, 0.3) is 10.9 Å². The Morgan fingerprint density at radius 3 is 2.63 bits per heavy atom. The highest BCUT2D eigenvalue weighted by Crippen LogP contribution is 2.26. The molecule has 0 aliphatic rings. The van der Waals surface area contributed by atoms with Crippen LogP contribution in [0, 0.1) is 6.92 Å². The van der Waals surface area contributed by atoms with Gasteiger partial charge in [0.2, 0.25) is 0 Å². The van der Waals surface area contributed by atoms with Crippen LogP contribution < -0.4 is 10.1 Å². The maximum Gasteiger partial charge on any atom is 0.338 e. The molecule has 138 valence electrons. The van der Waals surface area contributed by atoms with E-state index in [-0.39, 0.29) is 5.91 Å². The van der Waals surface area contributed by atoms with Gasteiger partial charge in [0.25, 0.3) is 5.91 Å². The number of hydrogen-bond acceptors (Lipinski definition) is 5. The van der Waals surface area contributed by atoms with E-state index >= 15 is 0 Å². The Hall–Kier alpha value is -3.41. The van der Waals surface area contributed by atoms with Gasteiger partial charge in [0, 0.05) is 16.6 Å². The van der Waals surface area contributed by atoms with Gasteiger partial charge in [0.15, 0.2) is 0 Å². The fourth-order valence-electron chi connectivity index (χ4n) is 2.76. The summed E-state index contributed by atoms with van der Waals surface area (Å²) in [7, 11) is 1.55. The third kappa shape index (κ3) is 4.06. The molecule has 0 spiro atoms. The second kappa shape index (κ2) is 7.86. The number of amides is 1. The van der Waals surface area contributed by atoms with E-state index in [2.05, 4.69) is 10.3 Å². The number of hydrogen-bond donors (Lipinski definition) is 1. The number of aryl methyl sites for hydroxylation is 1. The van der Waals surface area contributed by atoms with E-state index in [0.29, 0.717) is 40.1 Å². The van der Waals surface area contributed by atoms with Gasteiger partial charge >= 0.3 is 5.97 Å². The molecule has 1 amide bonds. The van der Waals surface area contributed by atoms with Gasteiger partial charge in [0.1, 0.15) is 5.75 Å². The molecule has 1 aromatic heterocycles. The molecular weight excluding hydrogens is 344 g/mol. The van der Waals surface area contributed by atoms with Gasteiger partial charge in [-0.25, -0.2) is 4.79 Å². The van der Waals surface area contributed by atoms with Gasteiger partial charge in [-0.3, -0.25) is 9.78 Å². The zero-order valence-corrected chi connectivity index (χ0v) is 15.4. The lowest BCUT2D eigenvalue weighted by molar-refractivity contribution is 0.0526. The lowest BCUT2D eigenvalue weighted by Crippen LogP contribution is -2.13. The molecule has 0 unspecified atom stereocenters. The lowest BCUT2D eigenvalue weighted by atomic mass is 10.1. The van der Waals surface area contributed by atoms with Gasteiger partial charge in [0.05, 0.1) is 30.5 Å². The molecule has 0 saturated heterocycles. The largest absolute Gasteiger partial charge is 0.497 e. The number of esters is 1. The fourth-order valence-corrected chi connectivity index (χ4v) is 2.76. The first-order valence-electron chi connectivity index (χ1n) is 8.55. The van der Waals surface area contributed by atoms with Crippen LogP contribution in [0.1, 0.15) is 33.3 Å². The van der Waals surface area contributed by atoms with Crippen LogP contribution in [0.4, 0.5) is 5.69 Å². The summed E-state index contributed by atoms with van der Waals surface area (Å²) < 4.78 is 10.2. The number of nitrogens with zero attached hydrogens (tertiary/aromatic N) is 1. The van der Waals surface area contributed by atoms with Gasteiger partial charge in [-0.15, -0.1) is 0 Å². The second-order valence-electron chi connectivity index (χ2n) is 5.95. The molecule has 3 aromatic rings. The van der Waals surface area contributed by atoms with Crippen LogP contribution in [0.5, 0.6) is 5.75 Å². The second-order valence-corrected chi connectivity index (χ2v) is 5.95. The van der Waals surface area contributed by atoms with E-state index in [1.807, 2.05) is 6.92 Å². The molecule has 0 bridgehead atoms. The molecule has 0 atom stereocenters. The van der Waals surface area contributed by atoms with Crippen molar-refractivity contribution in [2.45, 2.75) is 13.8 Å². The highest BCUT2D eigenvalue weighted by molar-refractivity contribution is 6.09. The van der Waals surface area contributed by atoms with Crippen LogP contribution in [-0.2, 0) is 4.74 Å². The summed E-state index contributed by atoms with van der Waals surface area (Å²) in [5, 5.41) is 3.57. The minimum atomic E-state index is -0.412. The zero-order valence-electron chi connectivity index (χ0n) is 15.4. The first-order chi connectivity index (χ1) is 13.0. The van der Waals surface area contributed by atoms with Gasteiger partial charge in [-0.1, -0.05) is 6.07 Å². The molecule has 27 heavy (non-hydrogen) atoms. The number of fused-ring (bicyclic) bond motifs is 1. The molecule has 0 radical (unpaired) electrons. The Morgan fingerprint density at radius 2 is 1.89 bits per heavy atom. The molecule has 2 aromatic carbocycles. The van der Waals surface area contributed by atoms with Crippen molar-refractivity contribution in [3.05, 3.63) is 65.4 Å². The quantitative estimate of drug-likeness (QED) is 0.693. The Bertz CT molecular complexity index is 1010. The third-order valence-electron chi connectivity index (χ3n) is 4.03. The number of carbonyl (C=O) groups excluding carboxylic acids is 2. The van der Waals surface area contributed by atoms with Crippen LogP contribution in [0.2, 0.25) is 0 Å². The monoisotopic (exact) mass is 364 g/mol. The van der Waals surface area contributed by atoms with Crippen LogP contribution in [-0.4, -0.2) is 30.6 Å². The molecule has 6 heteroatoms. The predicted molar refractivity (Wildman–Crippen MR) is 103 cm³/mol. The van der Waals surface area contributed by atoms with Crippen molar-refractivity contribution in [1.29, 1.82) is 0 Å². The average Bonchev–Trinajstić information content (AvgIpc) is 2.67. The number of rotatable bonds is 5. The van der Waals surface area contributed by atoms with E-state index in [0.717, 1.165) is 5.69 Å². The third-order valence-corrected chi connectivity index (χ3v) is 4.03. The zero-order chi connectivity index (χ0) is 19.4. The van der Waals surface area contributed by atoms with Gasteiger partial charge < -0.3 is 14.8 Å². The summed E-state index contributed by atoms with van der Waals surface area (Å²) in [5.41, 5.74) is 2.90. The van der Waals surface area contributed by atoms with Crippen molar-refractivity contribution in [2.75, 3.05) is 19.0 Å². The van der Waals surface area contributed by atoms with Crippen molar-refractivity contribution < 1.29 is 19.1 Å². The topological polar surface area (TPSA) is 77.5 Å². The predicted octanol–water partition coefficient (Wildman–Crippen LogP) is 3.98. The normalized spacial score (nSPS) is 10.5. The molecule has 0 fully saturated rings. The Labute approximate surface area is 157 Å². The van der Waals surface area contributed by atoms with E-state index in [9.17, 15) is 9.59 Å². The minimum absolute atomic E-state index is 0.276. The van der Waals surface area contributed by atoms with E-state index in [1.54, 1.807) is 62.6 Å². The van der Waals surface area contributed by atoms with Crippen molar-refractivity contribution in [3.8, 4) is 5.75 Å². The van der Waals surface area contributed by atoms with Crippen molar-refractivity contribution in [3.63, 3.8) is 0 Å². The van der Waals surface area contributed by atoms with Crippen LogP contribution in [0.15, 0.2) is 48.5 Å². The van der Waals surface area contributed by atoms with Crippen LogP contribution >= 0.6 is 0 Å². The average molecular weight is 364 g/mol. The summed E-state index contributed by atoms with van der Waals surface area (Å²) >= 11 is 0. The summed E-state index contributed by atoms with van der Waals surface area (Å²) in [6.45, 7) is 3.89. The minimum Gasteiger partial charge on any atom is -0.497 e. The van der Waals surface area contributed by atoms with Gasteiger partial charge in [-0.2, -0.15) is 0 Å². The fraction of sp³-hybridized carbons (Fsp3) is 0.190. The van der Waals surface area contributed by atoms with Crippen molar-refractivity contribution in [1.82, 2.24) is 4.98 Å². The summed E-state index contributed by atoms with van der Waals surface area (Å²) in [4.78, 5) is 29.2. The molecule has 0 saturated carbocycles. The van der Waals surface area contributed by atoms with E-state index in [1.165, 1.54) is 0 Å². The molecule has 1 heterocycles. The number of carbonyl (C=O) groups is 2. The molecule has 1 N–H and O–H groups in total. The number of ether oxygens (including phenoxy) is 2. The summed E-state index contributed by atoms with van der Waals surface area (Å²) in [6.07, 6.45) is 0. The number of anilines is 1. The standard InChI is InChI=1S/C21H20N2O4/c1-4-27-21(25)15-8-9-18-17(12-15)19(10-13(2)22-18)23-20(24)14-6-5-7-16(11-14)26-3/h5-12H,4H2,1-3H3,(H,22,23,24). The first-order valence-corrected chi connectivity index (χ1v) is 8.55. The summed E-state index contributed by atoms with van der Waals surface area (Å²) in [6, 6.07) is 13.8. The number of methoxy groups -OCH3 is 1. The SMILES string of the molecule is CCOC(=O)c1ccc2nc(C)cc(NC(=O)c3cccc(OC)c3)c2c1. The highest BCUT2D eigenvalue weighted by Gasteiger charge is 2.13. The molecular formula is C21H20N2O4. The van der Waals surface area contributed by atoms with Crippen molar-refractivity contribution in [2.24, 2.45) is 0 Å². The van der Waals surface area contributed by atoms with Gasteiger partial charge in [-0.05, 0) is 56.3 Å². The maximum atomic E-state index is 12.7. The highest BCUT2D eigenvalue weighted by atomic mass is 16.5. The first kappa shape index (κ1) is 18.4. The number of benzene rings is 2. The number of nitrogens with one attached hydrogen (secondary N) is 1. The lowest BCUT2D eigenvalue weighted by Gasteiger charge is -2.11. The maximum absolute atomic E-state index is 12.7. The molecule has 6 nitrogen and oxygen atoms in total. The van der Waals surface area contributed by atoms with E-state index < -0.39 is 5.97 Å². The number of aromatic nitrogens is 1. The van der Waals surface area contributed by atoms with Crippen molar-refractivity contribution >= 4 is 28.5 Å². The number of pyridine rings is 1.